The Kier molecular flexibility index (Phi) is 3.73. The summed E-state index contributed by atoms with van der Waals surface area (Å²) in [5.41, 5.74) is 0.960. The molecule has 1 aromatic carbocycles. The Labute approximate surface area is 121 Å². The lowest BCUT2D eigenvalue weighted by Gasteiger charge is -2.08. The number of amides is 1. The van der Waals surface area contributed by atoms with Crippen LogP contribution < -0.4 is 5.32 Å². The van der Waals surface area contributed by atoms with Crippen molar-refractivity contribution in [2.75, 3.05) is 0 Å². The average Bonchev–Trinajstić information content (AvgIpc) is 3.16. The molecule has 1 aliphatic rings. The zero-order valence-corrected chi connectivity index (χ0v) is 12.0. The van der Waals surface area contributed by atoms with Crippen LogP contribution in [0.2, 0.25) is 0 Å². The third-order valence-electron chi connectivity index (χ3n) is 3.07. The number of rotatable bonds is 5. The maximum atomic E-state index is 11.9. The van der Waals surface area contributed by atoms with Gasteiger partial charge in [-0.25, -0.2) is 9.67 Å². The van der Waals surface area contributed by atoms with Crippen LogP contribution in [0.25, 0.3) is 5.69 Å². The van der Waals surface area contributed by atoms with Crippen LogP contribution in [0.5, 0.6) is 0 Å². The molecule has 0 spiro atoms. The fourth-order valence-corrected chi connectivity index (χ4v) is 2.50. The molecule has 1 unspecified atom stereocenters. The number of hydrogen-bond acceptors (Lipinski definition) is 4. The molecule has 1 aromatic heterocycles. The van der Waals surface area contributed by atoms with Crippen LogP contribution >= 0.6 is 11.8 Å². The van der Waals surface area contributed by atoms with Gasteiger partial charge in [0, 0.05) is 6.04 Å². The minimum Gasteiger partial charge on any atom is -0.352 e. The SMILES string of the molecule is CC(Sc1ncn(-c2ccccc2)n1)C(=O)NC1CC1. The van der Waals surface area contributed by atoms with Crippen molar-refractivity contribution in [2.24, 2.45) is 0 Å². The molecular formula is C14H16N4OS. The Hall–Kier alpha value is -1.82. The van der Waals surface area contributed by atoms with E-state index in [0.29, 0.717) is 11.2 Å². The summed E-state index contributed by atoms with van der Waals surface area (Å²) in [6.45, 7) is 1.88. The minimum absolute atomic E-state index is 0.0635. The summed E-state index contributed by atoms with van der Waals surface area (Å²) >= 11 is 1.38. The maximum Gasteiger partial charge on any atom is 0.233 e. The minimum atomic E-state index is -0.178. The van der Waals surface area contributed by atoms with Crippen molar-refractivity contribution in [1.29, 1.82) is 0 Å². The van der Waals surface area contributed by atoms with Gasteiger partial charge in [-0.2, -0.15) is 0 Å². The molecule has 1 atom stereocenters. The fraction of sp³-hybridized carbons (Fsp3) is 0.357. The Bertz CT molecular complexity index is 594. The molecule has 0 aliphatic heterocycles. The first-order valence-electron chi connectivity index (χ1n) is 6.66. The molecule has 1 N–H and O–H groups in total. The average molecular weight is 288 g/mol. The monoisotopic (exact) mass is 288 g/mol. The standard InChI is InChI=1S/C14H16N4OS/c1-10(13(19)16-11-7-8-11)20-14-15-9-18(17-14)12-5-3-2-4-6-12/h2-6,9-11H,7-8H2,1H3,(H,16,19). The normalized spacial score (nSPS) is 15.8. The van der Waals surface area contributed by atoms with Gasteiger partial charge in [0.05, 0.1) is 10.9 Å². The zero-order valence-electron chi connectivity index (χ0n) is 11.2. The van der Waals surface area contributed by atoms with Gasteiger partial charge in [-0.1, -0.05) is 30.0 Å². The number of thioether (sulfide) groups is 1. The molecule has 1 fully saturated rings. The number of aromatic nitrogens is 3. The highest BCUT2D eigenvalue weighted by Gasteiger charge is 2.26. The van der Waals surface area contributed by atoms with Gasteiger partial charge in [-0.05, 0) is 31.9 Å². The largest absolute Gasteiger partial charge is 0.352 e. The Morgan fingerprint density at radius 1 is 1.40 bits per heavy atom. The second kappa shape index (κ2) is 5.66. The first-order valence-corrected chi connectivity index (χ1v) is 7.54. The molecule has 104 valence electrons. The van der Waals surface area contributed by atoms with E-state index >= 15 is 0 Å². The number of nitrogens with one attached hydrogen (secondary N) is 1. The maximum absolute atomic E-state index is 11.9. The van der Waals surface area contributed by atoms with Crippen LogP contribution in [0, 0.1) is 0 Å². The van der Waals surface area contributed by atoms with Gasteiger partial charge in [0.2, 0.25) is 11.1 Å². The van der Waals surface area contributed by atoms with Crippen LogP contribution in [-0.4, -0.2) is 32.0 Å². The highest BCUT2D eigenvalue weighted by molar-refractivity contribution is 8.00. The summed E-state index contributed by atoms with van der Waals surface area (Å²) in [6, 6.07) is 10.2. The Balaban J connectivity index is 1.63. The number of para-hydroxylation sites is 1. The summed E-state index contributed by atoms with van der Waals surface area (Å²) in [4.78, 5) is 16.1. The van der Waals surface area contributed by atoms with Crippen molar-refractivity contribution in [3.63, 3.8) is 0 Å². The summed E-state index contributed by atoms with van der Waals surface area (Å²) in [5.74, 6) is 0.0635. The molecule has 20 heavy (non-hydrogen) atoms. The molecule has 6 heteroatoms. The number of nitrogens with zero attached hydrogens (tertiary/aromatic N) is 3. The number of carbonyl (C=O) groups excluding carboxylic acids is 1. The van der Waals surface area contributed by atoms with Crippen molar-refractivity contribution in [1.82, 2.24) is 20.1 Å². The van der Waals surface area contributed by atoms with Crippen molar-refractivity contribution < 1.29 is 4.79 Å². The van der Waals surface area contributed by atoms with Gasteiger partial charge in [-0.3, -0.25) is 4.79 Å². The van der Waals surface area contributed by atoms with Gasteiger partial charge >= 0.3 is 0 Å². The van der Waals surface area contributed by atoms with Crippen molar-refractivity contribution in [2.45, 2.75) is 36.2 Å². The molecule has 1 saturated carbocycles. The molecule has 0 saturated heterocycles. The van der Waals surface area contributed by atoms with Crippen LogP contribution in [-0.2, 0) is 4.79 Å². The van der Waals surface area contributed by atoms with Gasteiger partial charge in [0.25, 0.3) is 0 Å². The van der Waals surface area contributed by atoms with E-state index in [4.69, 9.17) is 0 Å². The molecule has 1 amide bonds. The van der Waals surface area contributed by atoms with Crippen LogP contribution in [0.1, 0.15) is 19.8 Å². The van der Waals surface area contributed by atoms with E-state index in [1.54, 1.807) is 11.0 Å². The molecule has 1 aliphatic carbocycles. The molecule has 5 nitrogen and oxygen atoms in total. The molecule has 2 aromatic rings. The summed E-state index contributed by atoms with van der Waals surface area (Å²) in [7, 11) is 0. The Morgan fingerprint density at radius 2 is 2.15 bits per heavy atom. The third-order valence-corrected chi connectivity index (χ3v) is 4.03. The highest BCUT2D eigenvalue weighted by atomic mass is 32.2. The number of benzene rings is 1. The lowest BCUT2D eigenvalue weighted by Crippen LogP contribution is -2.32. The van der Waals surface area contributed by atoms with Crippen molar-refractivity contribution in [3.8, 4) is 5.69 Å². The second-order valence-electron chi connectivity index (χ2n) is 4.85. The van der Waals surface area contributed by atoms with Gasteiger partial charge < -0.3 is 5.32 Å². The molecule has 1 heterocycles. The quantitative estimate of drug-likeness (QED) is 0.855. The van der Waals surface area contributed by atoms with Crippen LogP contribution in [0.15, 0.2) is 41.8 Å². The summed E-state index contributed by atoms with van der Waals surface area (Å²) in [5, 5.41) is 7.82. The smallest absolute Gasteiger partial charge is 0.233 e. The molecule has 3 rings (SSSR count). The van der Waals surface area contributed by atoms with E-state index in [9.17, 15) is 4.79 Å². The second-order valence-corrected chi connectivity index (χ2v) is 6.16. The van der Waals surface area contributed by atoms with E-state index in [2.05, 4.69) is 15.4 Å². The predicted octanol–water partition coefficient (Wildman–Crippen LogP) is 2.03. The van der Waals surface area contributed by atoms with Crippen LogP contribution in [0.3, 0.4) is 0 Å². The van der Waals surface area contributed by atoms with Crippen molar-refractivity contribution in [3.05, 3.63) is 36.7 Å². The van der Waals surface area contributed by atoms with Crippen LogP contribution in [0.4, 0.5) is 0 Å². The van der Waals surface area contributed by atoms with E-state index in [-0.39, 0.29) is 11.2 Å². The highest BCUT2D eigenvalue weighted by Crippen LogP contribution is 2.23. The first kappa shape index (κ1) is 13.2. The summed E-state index contributed by atoms with van der Waals surface area (Å²) < 4.78 is 1.72. The van der Waals surface area contributed by atoms with Crippen molar-refractivity contribution >= 4 is 17.7 Å². The van der Waals surface area contributed by atoms with E-state index in [1.807, 2.05) is 37.3 Å². The topological polar surface area (TPSA) is 59.8 Å². The van der Waals surface area contributed by atoms with E-state index in [1.165, 1.54) is 11.8 Å². The van der Waals surface area contributed by atoms with Gasteiger partial charge in [-0.15, -0.1) is 5.10 Å². The third kappa shape index (κ3) is 3.19. The van der Waals surface area contributed by atoms with Gasteiger partial charge in [0.15, 0.2) is 0 Å². The van der Waals surface area contributed by atoms with E-state index < -0.39 is 0 Å². The fourth-order valence-electron chi connectivity index (χ4n) is 1.76. The first-order chi connectivity index (χ1) is 9.72. The molecular weight excluding hydrogens is 272 g/mol. The zero-order chi connectivity index (χ0) is 13.9. The molecule has 0 bridgehead atoms. The lowest BCUT2D eigenvalue weighted by molar-refractivity contribution is -0.120. The number of carbonyl (C=O) groups is 1. The summed E-state index contributed by atoms with van der Waals surface area (Å²) in [6.07, 6.45) is 3.87. The predicted molar refractivity (Wildman–Crippen MR) is 77.8 cm³/mol. The Morgan fingerprint density at radius 3 is 2.85 bits per heavy atom. The lowest BCUT2D eigenvalue weighted by atomic mass is 10.3. The van der Waals surface area contributed by atoms with Gasteiger partial charge in [0.1, 0.15) is 6.33 Å². The van der Waals surface area contributed by atoms with E-state index in [0.717, 1.165) is 18.5 Å². The molecule has 0 radical (unpaired) electrons. The number of hydrogen-bond donors (Lipinski definition) is 1.